The van der Waals surface area contributed by atoms with Crippen LogP contribution in [0.4, 0.5) is 0 Å². The van der Waals surface area contributed by atoms with Gasteiger partial charge in [-0.1, -0.05) is 19.4 Å². The standard InChI is InChI=1S/C21H30O3/c1-12(22)15-4-5-16-19-17(7-9-21(15,16)3)20(2)8-6-14(23)10-13(20)11-18(19)24/h10,15-19,24H,4-9,11H2,1-3H3/t15?,16?,17?,18-,19?,20-,21+/m0/s1. The molecule has 0 saturated heterocycles. The molecule has 4 unspecified atom stereocenters. The van der Waals surface area contributed by atoms with Crippen molar-refractivity contribution in [3.8, 4) is 0 Å². The third-order valence-electron chi connectivity index (χ3n) is 8.47. The Hall–Kier alpha value is -0.960. The van der Waals surface area contributed by atoms with Gasteiger partial charge in [-0.05, 0) is 80.1 Å². The number of carbonyl (C=O) groups is 2. The number of rotatable bonds is 1. The fraction of sp³-hybridized carbons (Fsp3) is 0.810. The highest BCUT2D eigenvalue weighted by Crippen LogP contribution is 2.66. The Bertz CT molecular complexity index is 621. The van der Waals surface area contributed by atoms with Crippen molar-refractivity contribution in [3.05, 3.63) is 11.6 Å². The van der Waals surface area contributed by atoms with Crippen LogP contribution in [0.3, 0.4) is 0 Å². The van der Waals surface area contributed by atoms with E-state index in [1.807, 2.05) is 6.08 Å². The lowest BCUT2D eigenvalue weighted by atomic mass is 9.46. The van der Waals surface area contributed by atoms with Crippen molar-refractivity contribution in [3.63, 3.8) is 0 Å². The maximum absolute atomic E-state index is 12.2. The predicted molar refractivity (Wildman–Crippen MR) is 92.3 cm³/mol. The van der Waals surface area contributed by atoms with Crippen molar-refractivity contribution < 1.29 is 14.7 Å². The van der Waals surface area contributed by atoms with Crippen LogP contribution < -0.4 is 0 Å². The zero-order chi connectivity index (χ0) is 17.3. The maximum Gasteiger partial charge on any atom is 0.155 e. The van der Waals surface area contributed by atoms with Crippen LogP contribution in [-0.4, -0.2) is 22.8 Å². The van der Waals surface area contributed by atoms with Crippen LogP contribution in [-0.2, 0) is 9.59 Å². The molecule has 3 heteroatoms. The lowest BCUT2D eigenvalue weighted by molar-refractivity contribution is -0.135. The highest BCUT2D eigenvalue weighted by atomic mass is 16.3. The minimum Gasteiger partial charge on any atom is -0.392 e. The third kappa shape index (κ3) is 2.06. The van der Waals surface area contributed by atoms with E-state index in [4.69, 9.17) is 0 Å². The Morgan fingerprint density at radius 1 is 1.17 bits per heavy atom. The largest absolute Gasteiger partial charge is 0.392 e. The van der Waals surface area contributed by atoms with Crippen LogP contribution in [0.25, 0.3) is 0 Å². The van der Waals surface area contributed by atoms with E-state index in [1.165, 1.54) is 5.57 Å². The van der Waals surface area contributed by atoms with Gasteiger partial charge in [0, 0.05) is 12.3 Å². The number of aliphatic hydroxyl groups excluding tert-OH is 1. The van der Waals surface area contributed by atoms with Gasteiger partial charge in [-0.2, -0.15) is 0 Å². The zero-order valence-electron chi connectivity index (χ0n) is 15.2. The van der Waals surface area contributed by atoms with Gasteiger partial charge < -0.3 is 5.11 Å². The summed E-state index contributed by atoms with van der Waals surface area (Å²) < 4.78 is 0. The summed E-state index contributed by atoms with van der Waals surface area (Å²) >= 11 is 0. The van der Waals surface area contributed by atoms with Crippen molar-refractivity contribution >= 4 is 11.6 Å². The molecule has 0 aromatic heterocycles. The van der Waals surface area contributed by atoms with Crippen LogP contribution >= 0.6 is 0 Å². The quantitative estimate of drug-likeness (QED) is 0.797. The molecule has 0 aliphatic heterocycles. The second-order valence-electron chi connectivity index (χ2n) is 9.40. The van der Waals surface area contributed by atoms with Crippen LogP contribution in [0.15, 0.2) is 11.6 Å². The molecule has 1 N–H and O–H groups in total. The Balaban J connectivity index is 1.72. The molecule has 132 valence electrons. The molecule has 0 radical (unpaired) electrons. The van der Waals surface area contributed by atoms with Crippen LogP contribution in [0.1, 0.15) is 65.7 Å². The van der Waals surface area contributed by atoms with E-state index in [0.29, 0.717) is 36.4 Å². The number of ketones is 2. The van der Waals surface area contributed by atoms with Crippen molar-refractivity contribution in [1.82, 2.24) is 0 Å². The average molecular weight is 330 g/mol. The van der Waals surface area contributed by atoms with Gasteiger partial charge in [-0.3, -0.25) is 9.59 Å². The first kappa shape index (κ1) is 16.5. The number of fused-ring (bicyclic) bond motifs is 5. The number of Topliss-reactive ketones (excluding diaryl/α,β-unsaturated/α-hetero) is 1. The van der Waals surface area contributed by atoms with E-state index in [0.717, 1.165) is 32.1 Å². The fourth-order valence-corrected chi connectivity index (χ4v) is 7.19. The normalized spacial score (nSPS) is 50.6. The number of hydrogen-bond acceptors (Lipinski definition) is 3. The Morgan fingerprint density at radius 3 is 2.62 bits per heavy atom. The Labute approximate surface area is 144 Å². The molecule has 3 saturated carbocycles. The summed E-state index contributed by atoms with van der Waals surface area (Å²) in [6.07, 6.45) is 7.97. The third-order valence-corrected chi connectivity index (χ3v) is 8.47. The minimum absolute atomic E-state index is 0.0655. The van der Waals surface area contributed by atoms with Gasteiger partial charge in [0.1, 0.15) is 5.78 Å². The van der Waals surface area contributed by atoms with E-state index < -0.39 is 0 Å². The molecular weight excluding hydrogens is 300 g/mol. The molecule has 0 amide bonds. The van der Waals surface area contributed by atoms with E-state index in [1.54, 1.807) is 6.92 Å². The van der Waals surface area contributed by atoms with E-state index in [2.05, 4.69) is 13.8 Å². The molecule has 3 fully saturated rings. The molecule has 7 atom stereocenters. The van der Waals surface area contributed by atoms with Crippen molar-refractivity contribution in [2.24, 2.45) is 34.5 Å². The van der Waals surface area contributed by atoms with Gasteiger partial charge in [-0.25, -0.2) is 0 Å². The van der Waals surface area contributed by atoms with Gasteiger partial charge >= 0.3 is 0 Å². The second-order valence-corrected chi connectivity index (χ2v) is 9.40. The lowest BCUT2D eigenvalue weighted by Gasteiger charge is -2.59. The highest BCUT2D eigenvalue weighted by Gasteiger charge is 2.61. The smallest absolute Gasteiger partial charge is 0.155 e. The predicted octanol–water partition coefficient (Wildman–Crippen LogP) is 3.69. The first-order valence-corrected chi connectivity index (χ1v) is 9.70. The van der Waals surface area contributed by atoms with E-state index in [9.17, 15) is 14.7 Å². The summed E-state index contributed by atoms with van der Waals surface area (Å²) in [7, 11) is 0. The number of carbonyl (C=O) groups excluding carboxylic acids is 2. The summed E-state index contributed by atoms with van der Waals surface area (Å²) in [4.78, 5) is 24.0. The topological polar surface area (TPSA) is 54.4 Å². The molecule has 4 aliphatic carbocycles. The van der Waals surface area contributed by atoms with Gasteiger partial charge in [-0.15, -0.1) is 0 Å². The lowest BCUT2D eigenvalue weighted by Crippen LogP contribution is -2.55. The summed E-state index contributed by atoms with van der Waals surface area (Å²) in [6.45, 7) is 6.38. The van der Waals surface area contributed by atoms with Gasteiger partial charge in [0.15, 0.2) is 5.78 Å². The van der Waals surface area contributed by atoms with Crippen LogP contribution in [0.5, 0.6) is 0 Å². The molecular formula is C21H30O3. The number of hydrogen-bond donors (Lipinski definition) is 1. The van der Waals surface area contributed by atoms with E-state index in [-0.39, 0.29) is 28.6 Å². The van der Waals surface area contributed by atoms with E-state index >= 15 is 0 Å². The SMILES string of the molecule is CC(=O)C1CCC2C3C(CC[C@]12C)[C@@]1(C)CCC(=O)C=C1C[C@@H]3O. The van der Waals surface area contributed by atoms with Crippen LogP contribution in [0.2, 0.25) is 0 Å². The minimum atomic E-state index is -0.351. The second kappa shape index (κ2) is 5.27. The van der Waals surface area contributed by atoms with Gasteiger partial charge in [0.25, 0.3) is 0 Å². The molecule has 0 aromatic carbocycles. The van der Waals surface area contributed by atoms with Crippen molar-refractivity contribution in [2.45, 2.75) is 71.8 Å². The van der Waals surface area contributed by atoms with Gasteiger partial charge in [0.05, 0.1) is 6.10 Å². The average Bonchev–Trinajstić information content (AvgIpc) is 2.86. The molecule has 3 nitrogen and oxygen atoms in total. The molecule has 0 aromatic rings. The Kier molecular flexibility index (Phi) is 3.62. The molecule has 0 heterocycles. The van der Waals surface area contributed by atoms with Crippen LogP contribution in [0, 0.1) is 34.5 Å². The fourth-order valence-electron chi connectivity index (χ4n) is 7.19. The Morgan fingerprint density at radius 2 is 1.92 bits per heavy atom. The number of aliphatic hydroxyl groups is 1. The molecule has 4 rings (SSSR count). The molecule has 24 heavy (non-hydrogen) atoms. The van der Waals surface area contributed by atoms with Crippen molar-refractivity contribution in [1.29, 1.82) is 0 Å². The summed E-state index contributed by atoms with van der Waals surface area (Å²) in [5.41, 5.74) is 1.33. The first-order chi connectivity index (χ1) is 11.3. The molecule has 0 bridgehead atoms. The molecule has 0 spiro atoms. The first-order valence-electron chi connectivity index (χ1n) is 9.70. The maximum atomic E-state index is 12.2. The van der Waals surface area contributed by atoms with Gasteiger partial charge in [0.2, 0.25) is 0 Å². The molecule has 4 aliphatic rings. The summed E-state index contributed by atoms with van der Waals surface area (Å²) in [5, 5.41) is 11.0. The monoisotopic (exact) mass is 330 g/mol. The summed E-state index contributed by atoms with van der Waals surface area (Å²) in [6, 6.07) is 0. The van der Waals surface area contributed by atoms with Crippen molar-refractivity contribution in [2.75, 3.05) is 0 Å². The zero-order valence-corrected chi connectivity index (χ0v) is 15.2. The summed E-state index contributed by atoms with van der Waals surface area (Å²) in [5.74, 6) is 1.95. The highest BCUT2D eigenvalue weighted by molar-refractivity contribution is 5.91.